The zero-order valence-electron chi connectivity index (χ0n) is 10.8. The number of hydrogen-bond donors (Lipinski definition) is 0. The SMILES string of the molecule is O=C(c1nc(Cl)ccc1Cl)N1CCN(CC(F)(F)F)CC1. The Morgan fingerprint density at radius 3 is 2.38 bits per heavy atom. The van der Waals surface area contributed by atoms with Crippen LogP contribution in [-0.4, -0.2) is 59.6 Å². The first-order valence-electron chi connectivity index (χ1n) is 6.17. The van der Waals surface area contributed by atoms with Crippen molar-refractivity contribution in [1.82, 2.24) is 14.8 Å². The summed E-state index contributed by atoms with van der Waals surface area (Å²) >= 11 is 11.6. The van der Waals surface area contributed by atoms with Crippen LogP contribution in [-0.2, 0) is 0 Å². The lowest BCUT2D eigenvalue weighted by Gasteiger charge is -2.34. The van der Waals surface area contributed by atoms with E-state index in [9.17, 15) is 18.0 Å². The fourth-order valence-corrected chi connectivity index (χ4v) is 2.41. The maximum atomic E-state index is 12.3. The highest BCUT2D eigenvalue weighted by atomic mass is 35.5. The van der Waals surface area contributed by atoms with Gasteiger partial charge in [0.25, 0.3) is 5.91 Å². The molecule has 2 heterocycles. The Labute approximate surface area is 129 Å². The first kappa shape index (κ1) is 16.3. The Morgan fingerprint density at radius 1 is 1.19 bits per heavy atom. The van der Waals surface area contributed by atoms with Crippen LogP contribution in [0, 0.1) is 0 Å². The number of piperazine rings is 1. The molecule has 0 radical (unpaired) electrons. The van der Waals surface area contributed by atoms with Crippen LogP contribution in [0.2, 0.25) is 10.2 Å². The van der Waals surface area contributed by atoms with Gasteiger partial charge in [0.05, 0.1) is 11.6 Å². The van der Waals surface area contributed by atoms with Gasteiger partial charge in [0, 0.05) is 26.2 Å². The Bertz CT molecular complexity index is 531. The molecular weight excluding hydrogens is 330 g/mol. The summed E-state index contributed by atoms with van der Waals surface area (Å²) < 4.78 is 36.9. The zero-order chi connectivity index (χ0) is 15.6. The van der Waals surface area contributed by atoms with Gasteiger partial charge in [-0.05, 0) is 12.1 Å². The third-order valence-electron chi connectivity index (χ3n) is 3.08. The second-order valence-electron chi connectivity index (χ2n) is 4.65. The highest BCUT2D eigenvalue weighted by Gasteiger charge is 2.33. The van der Waals surface area contributed by atoms with E-state index in [0.717, 1.165) is 0 Å². The quantitative estimate of drug-likeness (QED) is 0.776. The van der Waals surface area contributed by atoms with E-state index >= 15 is 0 Å². The number of pyridine rings is 1. The van der Waals surface area contributed by atoms with Crippen molar-refractivity contribution in [2.75, 3.05) is 32.7 Å². The maximum absolute atomic E-state index is 12.3. The summed E-state index contributed by atoms with van der Waals surface area (Å²) in [6.07, 6.45) is -4.23. The number of nitrogens with zero attached hydrogens (tertiary/aromatic N) is 3. The number of carbonyl (C=O) groups is 1. The third-order valence-corrected chi connectivity index (χ3v) is 3.59. The largest absolute Gasteiger partial charge is 0.401 e. The number of carbonyl (C=O) groups excluding carboxylic acids is 1. The molecule has 1 aromatic heterocycles. The molecule has 4 nitrogen and oxygen atoms in total. The average Bonchev–Trinajstić information content (AvgIpc) is 2.40. The minimum Gasteiger partial charge on any atom is -0.335 e. The van der Waals surface area contributed by atoms with E-state index in [-0.39, 0.29) is 42.0 Å². The number of hydrogen-bond acceptors (Lipinski definition) is 3. The van der Waals surface area contributed by atoms with Gasteiger partial charge >= 0.3 is 6.18 Å². The Hall–Kier alpha value is -1.05. The number of aromatic nitrogens is 1. The number of rotatable bonds is 2. The summed E-state index contributed by atoms with van der Waals surface area (Å²) in [6, 6.07) is 2.92. The maximum Gasteiger partial charge on any atom is 0.401 e. The smallest absolute Gasteiger partial charge is 0.335 e. The molecule has 1 saturated heterocycles. The van der Waals surface area contributed by atoms with Crippen molar-refractivity contribution < 1.29 is 18.0 Å². The molecule has 1 fully saturated rings. The molecule has 0 atom stereocenters. The highest BCUT2D eigenvalue weighted by molar-refractivity contribution is 6.34. The van der Waals surface area contributed by atoms with Gasteiger partial charge < -0.3 is 4.90 Å². The average molecular weight is 342 g/mol. The van der Waals surface area contributed by atoms with Crippen LogP contribution < -0.4 is 0 Å². The van der Waals surface area contributed by atoms with Gasteiger partial charge in [0.15, 0.2) is 0 Å². The van der Waals surface area contributed by atoms with Crippen LogP contribution in [0.1, 0.15) is 10.5 Å². The second kappa shape index (κ2) is 6.37. The normalized spacial score (nSPS) is 17.1. The fourth-order valence-electron chi connectivity index (χ4n) is 2.08. The van der Waals surface area contributed by atoms with Crippen molar-refractivity contribution >= 4 is 29.1 Å². The molecule has 1 amide bonds. The van der Waals surface area contributed by atoms with Gasteiger partial charge in [-0.3, -0.25) is 9.69 Å². The van der Waals surface area contributed by atoms with Gasteiger partial charge in [-0.15, -0.1) is 0 Å². The minimum absolute atomic E-state index is 0.0217. The monoisotopic (exact) mass is 341 g/mol. The summed E-state index contributed by atoms with van der Waals surface area (Å²) in [6.45, 7) is -0.267. The Morgan fingerprint density at radius 2 is 1.81 bits per heavy atom. The summed E-state index contributed by atoms with van der Waals surface area (Å²) in [5.41, 5.74) is 0.0217. The number of halogens is 5. The van der Waals surface area contributed by atoms with Gasteiger partial charge in [0.2, 0.25) is 0 Å². The first-order chi connectivity index (χ1) is 9.76. The lowest BCUT2D eigenvalue weighted by atomic mass is 10.2. The van der Waals surface area contributed by atoms with Crippen molar-refractivity contribution in [3.05, 3.63) is 28.0 Å². The molecule has 9 heteroatoms. The second-order valence-corrected chi connectivity index (χ2v) is 5.44. The zero-order valence-corrected chi connectivity index (χ0v) is 12.3. The third kappa shape index (κ3) is 4.46. The standard InChI is InChI=1S/C12H12Cl2F3N3O/c13-8-1-2-9(14)18-10(8)11(21)20-5-3-19(4-6-20)7-12(15,16)17/h1-2H,3-7H2. The molecule has 0 aromatic carbocycles. The van der Waals surface area contributed by atoms with E-state index in [1.54, 1.807) is 0 Å². The van der Waals surface area contributed by atoms with Crippen molar-refractivity contribution in [2.45, 2.75) is 6.18 Å². The van der Waals surface area contributed by atoms with Gasteiger partial charge in [-0.1, -0.05) is 23.2 Å². The van der Waals surface area contributed by atoms with E-state index in [0.29, 0.717) is 0 Å². The molecule has 1 aliphatic heterocycles. The van der Waals surface area contributed by atoms with E-state index in [1.165, 1.54) is 21.9 Å². The summed E-state index contributed by atoms with van der Waals surface area (Å²) in [5.74, 6) is -0.422. The Balaban J connectivity index is 1.99. The summed E-state index contributed by atoms with van der Waals surface area (Å²) in [7, 11) is 0. The van der Waals surface area contributed by atoms with Gasteiger partial charge in [0.1, 0.15) is 10.8 Å². The molecule has 0 aliphatic carbocycles. The molecule has 1 aromatic rings. The number of amides is 1. The molecule has 0 N–H and O–H groups in total. The van der Waals surface area contributed by atoms with Crippen molar-refractivity contribution in [3.8, 4) is 0 Å². The molecule has 0 spiro atoms. The van der Waals surface area contributed by atoms with Gasteiger partial charge in [-0.2, -0.15) is 13.2 Å². The number of alkyl halides is 3. The Kier molecular flexibility index (Phi) is 4.95. The van der Waals surface area contributed by atoms with E-state index in [1.807, 2.05) is 0 Å². The predicted molar refractivity (Wildman–Crippen MR) is 72.7 cm³/mol. The van der Waals surface area contributed by atoms with Crippen LogP contribution in [0.4, 0.5) is 13.2 Å². The van der Waals surface area contributed by atoms with Crippen molar-refractivity contribution in [1.29, 1.82) is 0 Å². The lowest BCUT2D eigenvalue weighted by Crippen LogP contribution is -2.51. The van der Waals surface area contributed by atoms with Crippen LogP contribution in [0.25, 0.3) is 0 Å². The van der Waals surface area contributed by atoms with Crippen LogP contribution in [0.5, 0.6) is 0 Å². The minimum atomic E-state index is -4.23. The van der Waals surface area contributed by atoms with E-state index < -0.39 is 18.6 Å². The molecule has 116 valence electrons. The summed E-state index contributed by atoms with van der Waals surface area (Å²) in [5, 5.41) is 0.306. The van der Waals surface area contributed by atoms with Crippen LogP contribution in [0.15, 0.2) is 12.1 Å². The first-order valence-corrected chi connectivity index (χ1v) is 6.92. The predicted octanol–water partition coefficient (Wildman–Crippen LogP) is 2.71. The fraction of sp³-hybridized carbons (Fsp3) is 0.500. The van der Waals surface area contributed by atoms with Crippen LogP contribution in [0.3, 0.4) is 0 Å². The van der Waals surface area contributed by atoms with Crippen LogP contribution >= 0.6 is 23.2 Å². The molecule has 21 heavy (non-hydrogen) atoms. The van der Waals surface area contributed by atoms with E-state index in [2.05, 4.69) is 4.98 Å². The molecule has 1 aliphatic rings. The van der Waals surface area contributed by atoms with Gasteiger partial charge in [-0.25, -0.2) is 4.98 Å². The van der Waals surface area contributed by atoms with Crippen molar-refractivity contribution in [2.24, 2.45) is 0 Å². The molecule has 0 unspecified atom stereocenters. The van der Waals surface area contributed by atoms with E-state index in [4.69, 9.17) is 23.2 Å². The lowest BCUT2D eigenvalue weighted by molar-refractivity contribution is -0.148. The highest BCUT2D eigenvalue weighted by Crippen LogP contribution is 2.21. The summed E-state index contributed by atoms with van der Waals surface area (Å²) in [4.78, 5) is 18.8. The van der Waals surface area contributed by atoms with Crippen molar-refractivity contribution in [3.63, 3.8) is 0 Å². The molecular formula is C12H12Cl2F3N3O. The molecule has 0 saturated carbocycles. The molecule has 2 rings (SSSR count). The topological polar surface area (TPSA) is 36.4 Å². The molecule has 0 bridgehead atoms.